The lowest BCUT2D eigenvalue weighted by Crippen LogP contribution is -2.22. The van der Waals surface area contributed by atoms with Gasteiger partial charge in [-0.2, -0.15) is 5.10 Å². The van der Waals surface area contributed by atoms with E-state index in [2.05, 4.69) is 27.7 Å². The van der Waals surface area contributed by atoms with Crippen molar-refractivity contribution in [3.8, 4) is 5.69 Å². The average molecular weight is 405 g/mol. The molecule has 0 saturated heterocycles. The Balaban J connectivity index is 2.51. The number of hydrogen-bond acceptors (Lipinski definition) is 4. The molecule has 5 nitrogen and oxygen atoms in total. The number of nitrogens with zero attached hydrogens (tertiary/aromatic N) is 2. The minimum atomic E-state index is -0.742. The van der Waals surface area contributed by atoms with Crippen LogP contribution in [0.4, 0.5) is 0 Å². The monoisotopic (exact) mass is 404 g/mol. The third-order valence-corrected chi connectivity index (χ3v) is 3.41. The number of carbonyl (C=O) groups is 1. The van der Waals surface area contributed by atoms with E-state index < -0.39 is 11.4 Å². The molecule has 7 heteroatoms. The number of hydrogen-bond donors (Lipinski definition) is 0. The molecule has 1 aromatic heterocycles. The molecule has 2 aromatic rings. The summed E-state index contributed by atoms with van der Waals surface area (Å²) in [4.78, 5) is 23.3. The van der Waals surface area contributed by atoms with Crippen molar-refractivity contribution in [3.05, 3.63) is 55.0 Å². The van der Waals surface area contributed by atoms with Gasteiger partial charge >= 0.3 is 5.97 Å². The average Bonchev–Trinajstić information content (AvgIpc) is 2.40. The van der Waals surface area contributed by atoms with Crippen LogP contribution in [-0.4, -0.2) is 22.4 Å². The number of esters is 1. The van der Waals surface area contributed by atoms with Crippen molar-refractivity contribution in [2.75, 3.05) is 6.61 Å². The molecule has 0 saturated carbocycles. The van der Waals surface area contributed by atoms with Crippen LogP contribution in [0.3, 0.4) is 0 Å². The largest absolute Gasteiger partial charge is 0.461 e. The second-order valence-electron chi connectivity index (χ2n) is 3.79. The summed E-state index contributed by atoms with van der Waals surface area (Å²) in [6, 6.07) is 6.64. The lowest BCUT2D eigenvalue weighted by Gasteiger charge is -2.09. The normalized spacial score (nSPS) is 10.3. The van der Waals surface area contributed by atoms with Gasteiger partial charge < -0.3 is 4.74 Å². The predicted molar refractivity (Wildman–Crippen MR) is 83.5 cm³/mol. The van der Waals surface area contributed by atoms with E-state index in [1.165, 1.54) is 16.9 Å². The summed E-state index contributed by atoms with van der Waals surface area (Å²) in [5, 5.41) is 4.47. The van der Waals surface area contributed by atoms with Crippen molar-refractivity contribution in [3.63, 3.8) is 0 Å². The molecule has 0 bridgehead atoms. The first-order valence-electron chi connectivity index (χ1n) is 5.75. The van der Waals surface area contributed by atoms with E-state index in [9.17, 15) is 9.59 Å². The van der Waals surface area contributed by atoms with Gasteiger partial charge in [0, 0.05) is 15.8 Å². The zero-order chi connectivity index (χ0) is 14.7. The van der Waals surface area contributed by atoms with E-state index in [1.807, 2.05) is 6.07 Å². The van der Waals surface area contributed by atoms with Crippen molar-refractivity contribution in [1.82, 2.24) is 9.78 Å². The Labute approximate surface area is 133 Å². The van der Waals surface area contributed by atoms with Gasteiger partial charge in [0.15, 0.2) is 0 Å². The highest BCUT2D eigenvalue weighted by Gasteiger charge is 2.15. The van der Waals surface area contributed by atoms with Crippen LogP contribution in [0.1, 0.15) is 17.4 Å². The summed E-state index contributed by atoms with van der Waals surface area (Å²) in [7, 11) is 0. The van der Waals surface area contributed by atoms with Crippen molar-refractivity contribution < 1.29 is 9.53 Å². The first-order valence-corrected chi connectivity index (χ1v) is 7.21. The highest BCUT2D eigenvalue weighted by molar-refractivity contribution is 14.1. The lowest BCUT2D eigenvalue weighted by molar-refractivity contribution is 0.0515. The molecular weight excluding hydrogens is 395 g/mol. The minimum Gasteiger partial charge on any atom is -0.461 e. The van der Waals surface area contributed by atoms with Crippen LogP contribution in [0.15, 0.2) is 35.3 Å². The first-order chi connectivity index (χ1) is 9.52. The molecule has 0 radical (unpaired) electrons. The van der Waals surface area contributed by atoms with Gasteiger partial charge in [-0.15, -0.1) is 0 Å². The summed E-state index contributed by atoms with van der Waals surface area (Å²) in [5.74, 6) is -0.742. The minimum absolute atomic E-state index is 0.180. The molecule has 1 heterocycles. The maximum atomic E-state index is 11.7. The van der Waals surface area contributed by atoms with E-state index in [1.54, 1.807) is 19.1 Å². The number of ether oxygens (including phenoxy) is 1. The van der Waals surface area contributed by atoms with Gasteiger partial charge in [-0.3, -0.25) is 4.79 Å². The molecule has 2 rings (SSSR count). The highest BCUT2D eigenvalue weighted by atomic mass is 127. The summed E-state index contributed by atoms with van der Waals surface area (Å²) in [6.07, 6.45) is 1.46. The molecule has 0 aliphatic rings. The third-order valence-electron chi connectivity index (χ3n) is 2.43. The zero-order valence-corrected chi connectivity index (χ0v) is 13.4. The number of rotatable bonds is 3. The van der Waals surface area contributed by atoms with Gasteiger partial charge in [-0.1, -0.05) is 11.6 Å². The number of benzene rings is 1. The van der Waals surface area contributed by atoms with Crippen LogP contribution >= 0.6 is 34.2 Å². The molecule has 0 fully saturated rings. The number of halogens is 2. The predicted octanol–water partition coefficient (Wildman–Crippen LogP) is 2.67. The Hall–Kier alpha value is -1.41. The van der Waals surface area contributed by atoms with Gasteiger partial charge in [0.2, 0.25) is 11.1 Å². The summed E-state index contributed by atoms with van der Waals surface area (Å²) in [6.45, 7) is 1.84. The lowest BCUT2D eigenvalue weighted by atomic mass is 10.3. The van der Waals surface area contributed by atoms with Crippen molar-refractivity contribution in [1.29, 1.82) is 0 Å². The summed E-state index contributed by atoms with van der Waals surface area (Å²) >= 11 is 8.27. The van der Waals surface area contributed by atoms with Crippen LogP contribution in [0.2, 0.25) is 5.02 Å². The molecule has 20 heavy (non-hydrogen) atoms. The van der Waals surface area contributed by atoms with Crippen LogP contribution in [0, 0.1) is 3.57 Å². The number of carbonyl (C=O) groups excluding carboxylic acids is 1. The Morgan fingerprint density at radius 2 is 2.20 bits per heavy atom. The van der Waals surface area contributed by atoms with Crippen LogP contribution in [0.5, 0.6) is 0 Å². The van der Waals surface area contributed by atoms with Gasteiger partial charge in [-0.25, -0.2) is 9.48 Å². The van der Waals surface area contributed by atoms with Crippen molar-refractivity contribution in [2.24, 2.45) is 0 Å². The molecular formula is C13H10ClIN2O3. The molecule has 0 atom stereocenters. The van der Waals surface area contributed by atoms with E-state index >= 15 is 0 Å². The van der Waals surface area contributed by atoms with Gasteiger partial charge in [-0.05, 0) is 47.7 Å². The van der Waals surface area contributed by atoms with Gasteiger partial charge in [0.1, 0.15) is 0 Å². The maximum Gasteiger partial charge on any atom is 0.362 e. The smallest absolute Gasteiger partial charge is 0.362 e. The maximum absolute atomic E-state index is 11.7. The quantitative estimate of drug-likeness (QED) is 0.583. The number of aromatic nitrogens is 2. The summed E-state index contributed by atoms with van der Waals surface area (Å²) in [5.41, 5.74) is -0.164. The zero-order valence-electron chi connectivity index (χ0n) is 10.5. The fourth-order valence-electron chi connectivity index (χ4n) is 1.55. The molecule has 0 unspecified atom stereocenters. The fraction of sp³-hybridized carbons (Fsp3) is 0.154. The fourth-order valence-corrected chi connectivity index (χ4v) is 2.49. The van der Waals surface area contributed by atoms with E-state index in [4.69, 9.17) is 16.3 Å². The Morgan fingerprint density at radius 3 is 2.85 bits per heavy atom. The second kappa shape index (κ2) is 6.36. The molecule has 0 aliphatic carbocycles. The molecule has 0 amide bonds. The Kier molecular flexibility index (Phi) is 4.77. The summed E-state index contributed by atoms with van der Waals surface area (Å²) < 4.78 is 7.16. The standard InChI is InChI=1S/C13H10ClIN2O3/c1-2-20-13(19)12-11(18)5-6-17(16-12)10-4-3-8(15)7-9(10)14/h3-7H,2H2,1H3. The SMILES string of the molecule is CCOC(=O)c1nn(-c2ccc(I)cc2Cl)ccc1=O. The third kappa shape index (κ3) is 3.18. The topological polar surface area (TPSA) is 61.2 Å². The molecule has 0 N–H and O–H groups in total. The molecule has 104 valence electrons. The van der Waals surface area contributed by atoms with Crippen LogP contribution < -0.4 is 5.43 Å². The van der Waals surface area contributed by atoms with Crippen LogP contribution in [0.25, 0.3) is 5.69 Å². The molecule has 0 aliphatic heterocycles. The Bertz CT molecular complexity index is 715. The van der Waals surface area contributed by atoms with Crippen molar-refractivity contribution >= 4 is 40.2 Å². The molecule has 1 aromatic carbocycles. The highest BCUT2D eigenvalue weighted by Crippen LogP contribution is 2.21. The van der Waals surface area contributed by atoms with Crippen LogP contribution in [-0.2, 0) is 4.74 Å². The Morgan fingerprint density at radius 1 is 1.45 bits per heavy atom. The van der Waals surface area contributed by atoms with E-state index in [0.717, 1.165) is 3.57 Å². The van der Waals surface area contributed by atoms with Gasteiger partial charge in [0.05, 0.1) is 17.3 Å². The second-order valence-corrected chi connectivity index (χ2v) is 5.44. The van der Waals surface area contributed by atoms with E-state index in [-0.39, 0.29) is 12.3 Å². The van der Waals surface area contributed by atoms with E-state index in [0.29, 0.717) is 10.7 Å². The molecule has 0 spiro atoms. The van der Waals surface area contributed by atoms with Gasteiger partial charge in [0.25, 0.3) is 0 Å². The first kappa shape index (κ1) is 15.0. The van der Waals surface area contributed by atoms with Crippen molar-refractivity contribution in [2.45, 2.75) is 6.92 Å².